The Labute approximate surface area is 168 Å². The van der Waals surface area contributed by atoms with E-state index >= 15 is 0 Å². The van der Waals surface area contributed by atoms with Crippen LogP contribution in [0, 0.1) is 5.92 Å². The lowest BCUT2D eigenvalue weighted by Crippen LogP contribution is -2.34. The molecule has 27 heavy (non-hydrogen) atoms. The molecule has 7 heteroatoms. The van der Waals surface area contributed by atoms with Gasteiger partial charge in [0.05, 0.1) is 6.04 Å². The highest BCUT2D eigenvalue weighted by Gasteiger charge is 2.26. The Hall–Kier alpha value is -1.79. The van der Waals surface area contributed by atoms with Crippen molar-refractivity contribution in [1.29, 1.82) is 0 Å². The van der Waals surface area contributed by atoms with Gasteiger partial charge in [0.2, 0.25) is 5.91 Å². The lowest BCUT2D eigenvalue weighted by atomic mass is 9.99. The molecule has 0 heterocycles. The number of carbonyl (C=O) groups is 2. The second-order valence-electron chi connectivity index (χ2n) is 7.07. The van der Waals surface area contributed by atoms with Crippen molar-refractivity contribution in [3.05, 3.63) is 29.8 Å². The van der Waals surface area contributed by atoms with Crippen LogP contribution in [0.1, 0.15) is 58.1 Å². The van der Waals surface area contributed by atoms with Crippen LogP contribution >= 0.6 is 12.4 Å². The van der Waals surface area contributed by atoms with Crippen molar-refractivity contribution in [3.63, 3.8) is 0 Å². The number of nitrogens with two attached hydrogens (primary N) is 1. The minimum atomic E-state index is -0.1000. The number of halogens is 1. The number of nitrogens with one attached hydrogen (secondary N) is 2. The van der Waals surface area contributed by atoms with E-state index in [1.54, 1.807) is 4.90 Å². The number of urea groups is 1. The summed E-state index contributed by atoms with van der Waals surface area (Å²) in [5.74, 6) is 0.360. The Balaban J connectivity index is 0.00000364. The molecule has 1 aromatic carbocycles. The number of hydrogen-bond acceptors (Lipinski definition) is 3. The van der Waals surface area contributed by atoms with Crippen molar-refractivity contribution in [1.82, 2.24) is 10.2 Å². The number of benzene rings is 1. The molecule has 0 aliphatic heterocycles. The zero-order chi connectivity index (χ0) is 19.1. The molecule has 0 aromatic heterocycles. The van der Waals surface area contributed by atoms with Crippen LogP contribution in [-0.4, -0.2) is 36.0 Å². The van der Waals surface area contributed by atoms with E-state index in [4.69, 9.17) is 5.73 Å². The number of anilines is 1. The maximum atomic E-state index is 12.3. The summed E-state index contributed by atoms with van der Waals surface area (Å²) in [6, 6.07) is 7.58. The number of rotatable bonds is 7. The van der Waals surface area contributed by atoms with Gasteiger partial charge in [-0.15, -0.1) is 12.4 Å². The molecule has 1 unspecified atom stereocenters. The third-order valence-corrected chi connectivity index (χ3v) is 5.26. The Kier molecular flexibility index (Phi) is 9.60. The fourth-order valence-electron chi connectivity index (χ4n) is 3.51. The summed E-state index contributed by atoms with van der Waals surface area (Å²) < 4.78 is 0. The first-order valence-corrected chi connectivity index (χ1v) is 9.65. The van der Waals surface area contributed by atoms with E-state index in [-0.39, 0.29) is 36.4 Å². The monoisotopic (exact) mass is 396 g/mol. The van der Waals surface area contributed by atoms with Crippen molar-refractivity contribution >= 4 is 30.0 Å². The van der Waals surface area contributed by atoms with E-state index in [9.17, 15) is 9.59 Å². The van der Waals surface area contributed by atoms with Crippen LogP contribution in [0.25, 0.3) is 0 Å². The molecule has 1 saturated carbocycles. The maximum Gasteiger partial charge on any atom is 0.321 e. The summed E-state index contributed by atoms with van der Waals surface area (Å²) in [5.41, 5.74) is 7.81. The predicted molar refractivity (Wildman–Crippen MR) is 112 cm³/mol. The zero-order valence-electron chi connectivity index (χ0n) is 16.5. The fourth-order valence-corrected chi connectivity index (χ4v) is 3.51. The van der Waals surface area contributed by atoms with E-state index in [0.717, 1.165) is 30.5 Å². The normalized spacial score (nSPS) is 19.7. The SMILES string of the molecule is CCN(CC)C(=O)Nc1ccc(C(C)NC(=O)C[C@@H]2CCC[C@H]2N)cc1.Cl. The van der Waals surface area contributed by atoms with E-state index in [1.165, 1.54) is 0 Å². The summed E-state index contributed by atoms with van der Waals surface area (Å²) in [6.45, 7) is 7.22. The summed E-state index contributed by atoms with van der Waals surface area (Å²) in [6.07, 6.45) is 3.69. The smallest absolute Gasteiger partial charge is 0.321 e. The van der Waals surface area contributed by atoms with Gasteiger partial charge in [0.25, 0.3) is 0 Å². The zero-order valence-corrected chi connectivity index (χ0v) is 17.3. The molecule has 3 atom stereocenters. The Morgan fingerprint density at radius 1 is 1.19 bits per heavy atom. The first-order valence-electron chi connectivity index (χ1n) is 9.65. The molecule has 0 spiro atoms. The highest BCUT2D eigenvalue weighted by molar-refractivity contribution is 5.89. The third kappa shape index (κ3) is 6.70. The van der Waals surface area contributed by atoms with Crippen molar-refractivity contribution in [2.75, 3.05) is 18.4 Å². The van der Waals surface area contributed by atoms with Crippen LogP contribution in [0.2, 0.25) is 0 Å². The molecule has 3 amide bonds. The summed E-state index contributed by atoms with van der Waals surface area (Å²) >= 11 is 0. The van der Waals surface area contributed by atoms with Crippen molar-refractivity contribution < 1.29 is 9.59 Å². The summed E-state index contributed by atoms with van der Waals surface area (Å²) in [5, 5.41) is 5.94. The van der Waals surface area contributed by atoms with Gasteiger partial charge < -0.3 is 21.3 Å². The quantitative estimate of drug-likeness (QED) is 0.656. The molecule has 1 aliphatic carbocycles. The molecule has 2 rings (SSSR count). The van der Waals surface area contributed by atoms with E-state index in [1.807, 2.05) is 45.0 Å². The van der Waals surface area contributed by atoms with Crippen molar-refractivity contribution in [2.24, 2.45) is 11.7 Å². The van der Waals surface area contributed by atoms with Crippen LogP contribution in [0.15, 0.2) is 24.3 Å². The van der Waals surface area contributed by atoms with E-state index in [0.29, 0.717) is 25.4 Å². The average molecular weight is 397 g/mol. The average Bonchev–Trinajstić information content (AvgIpc) is 3.01. The first-order chi connectivity index (χ1) is 12.4. The molecule has 0 bridgehead atoms. The van der Waals surface area contributed by atoms with Gasteiger partial charge in [0, 0.05) is 31.2 Å². The molecule has 152 valence electrons. The van der Waals surface area contributed by atoms with Crippen LogP contribution in [-0.2, 0) is 4.79 Å². The topological polar surface area (TPSA) is 87.5 Å². The molecule has 1 aliphatic rings. The molecule has 0 radical (unpaired) electrons. The van der Waals surface area contributed by atoms with Gasteiger partial charge in [0.1, 0.15) is 0 Å². The second-order valence-corrected chi connectivity index (χ2v) is 7.07. The lowest BCUT2D eigenvalue weighted by Gasteiger charge is -2.20. The van der Waals surface area contributed by atoms with Crippen molar-refractivity contribution in [2.45, 2.75) is 58.5 Å². The minimum Gasteiger partial charge on any atom is -0.350 e. The van der Waals surface area contributed by atoms with E-state index in [2.05, 4.69) is 10.6 Å². The second kappa shape index (κ2) is 11.1. The van der Waals surface area contributed by atoms with Crippen LogP contribution in [0.5, 0.6) is 0 Å². The molecular formula is C20H33ClN4O2. The Morgan fingerprint density at radius 2 is 1.81 bits per heavy atom. The predicted octanol–water partition coefficient (Wildman–Crippen LogP) is 3.68. The number of amides is 3. The first kappa shape index (κ1) is 23.2. The molecule has 1 aromatic rings. The number of carbonyl (C=O) groups excluding carboxylic acids is 2. The van der Waals surface area contributed by atoms with Gasteiger partial charge in [-0.05, 0) is 57.2 Å². The van der Waals surface area contributed by atoms with Gasteiger partial charge >= 0.3 is 6.03 Å². The van der Waals surface area contributed by atoms with E-state index < -0.39 is 0 Å². The maximum absolute atomic E-state index is 12.3. The minimum absolute atomic E-state index is 0. The molecular weight excluding hydrogens is 364 g/mol. The largest absolute Gasteiger partial charge is 0.350 e. The van der Waals surface area contributed by atoms with Crippen LogP contribution < -0.4 is 16.4 Å². The summed E-state index contributed by atoms with van der Waals surface area (Å²) in [7, 11) is 0. The van der Waals surface area contributed by atoms with Gasteiger partial charge in [-0.2, -0.15) is 0 Å². The Bertz CT molecular complexity index is 605. The molecule has 0 saturated heterocycles. The molecule has 6 nitrogen and oxygen atoms in total. The standard InChI is InChI=1S/C20H32N4O2.ClH/c1-4-24(5-2)20(26)23-17-11-9-15(10-12-17)14(3)22-19(25)13-16-7-6-8-18(16)21;/h9-12,14,16,18H,4-8,13,21H2,1-3H3,(H,22,25)(H,23,26);1H/t14?,16-,18+;/m0./s1. The third-order valence-electron chi connectivity index (χ3n) is 5.26. The number of hydrogen-bond donors (Lipinski definition) is 3. The molecule has 4 N–H and O–H groups in total. The highest BCUT2D eigenvalue weighted by atomic mass is 35.5. The molecule has 1 fully saturated rings. The van der Waals surface area contributed by atoms with Gasteiger partial charge in [-0.25, -0.2) is 4.79 Å². The Morgan fingerprint density at radius 3 is 2.33 bits per heavy atom. The van der Waals surface area contributed by atoms with Gasteiger partial charge in [-0.3, -0.25) is 4.79 Å². The highest BCUT2D eigenvalue weighted by Crippen LogP contribution is 2.27. The van der Waals surface area contributed by atoms with Crippen LogP contribution in [0.4, 0.5) is 10.5 Å². The number of nitrogens with zero attached hydrogens (tertiary/aromatic N) is 1. The van der Waals surface area contributed by atoms with Gasteiger partial charge in [0.15, 0.2) is 0 Å². The fraction of sp³-hybridized carbons (Fsp3) is 0.600. The van der Waals surface area contributed by atoms with Crippen molar-refractivity contribution in [3.8, 4) is 0 Å². The lowest BCUT2D eigenvalue weighted by molar-refractivity contribution is -0.122. The summed E-state index contributed by atoms with van der Waals surface area (Å²) in [4.78, 5) is 26.1. The van der Waals surface area contributed by atoms with Crippen LogP contribution in [0.3, 0.4) is 0 Å². The van der Waals surface area contributed by atoms with Gasteiger partial charge in [-0.1, -0.05) is 18.6 Å².